The lowest BCUT2D eigenvalue weighted by molar-refractivity contribution is -0.136. The SMILES string of the molecule is C/C(=C\[C@@H](NCC(=O)[C@@H](NC(=O)[C@]1(C(C)C)CCCCN1)C(C)(C)C)C(C)C)C(=O)O. The minimum atomic E-state index is -0.974. The van der Waals surface area contributed by atoms with Crippen molar-refractivity contribution in [2.45, 2.75) is 92.3 Å². The van der Waals surface area contributed by atoms with E-state index in [4.69, 9.17) is 5.11 Å². The number of piperidine rings is 1. The number of aliphatic carboxylic acids is 1. The lowest BCUT2D eigenvalue weighted by Gasteiger charge is -2.42. The summed E-state index contributed by atoms with van der Waals surface area (Å²) in [5.41, 5.74) is -0.875. The summed E-state index contributed by atoms with van der Waals surface area (Å²) >= 11 is 0. The van der Waals surface area contributed by atoms with E-state index >= 15 is 0 Å². The molecular formula is C24H43N3O4. The van der Waals surface area contributed by atoms with Gasteiger partial charge < -0.3 is 21.1 Å². The predicted molar refractivity (Wildman–Crippen MR) is 124 cm³/mol. The Morgan fingerprint density at radius 3 is 2.16 bits per heavy atom. The van der Waals surface area contributed by atoms with Crippen LogP contribution in [0.5, 0.6) is 0 Å². The third-order valence-corrected chi connectivity index (χ3v) is 6.29. The van der Waals surface area contributed by atoms with Crippen molar-refractivity contribution in [3.8, 4) is 0 Å². The Labute approximate surface area is 187 Å². The van der Waals surface area contributed by atoms with Crippen LogP contribution in [0.2, 0.25) is 0 Å². The van der Waals surface area contributed by atoms with E-state index in [1.165, 1.54) is 0 Å². The second-order valence-electron chi connectivity index (χ2n) is 10.6. The van der Waals surface area contributed by atoms with Crippen molar-refractivity contribution in [1.29, 1.82) is 0 Å². The molecule has 178 valence electrons. The molecule has 1 rings (SSSR count). The molecule has 7 heteroatoms. The molecule has 1 fully saturated rings. The van der Waals surface area contributed by atoms with Crippen molar-refractivity contribution in [2.75, 3.05) is 13.1 Å². The fourth-order valence-corrected chi connectivity index (χ4v) is 4.07. The Morgan fingerprint density at radius 1 is 1.13 bits per heavy atom. The first-order chi connectivity index (χ1) is 14.2. The van der Waals surface area contributed by atoms with Crippen LogP contribution in [-0.2, 0) is 14.4 Å². The number of amides is 1. The van der Waals surface area contributed by atoms with Gasteiger partial charge in [-0.15, -0.1) is 0 Å². The molecule has 0 aromatic carbocycles. The standard InChI is InChI=1S/C24H43N3O4/c1-15(2)18(13-17(5)21(29)30)25-14-19(28)20(23(6,7)8)27-22(31)24(16(3)4)11-9-10-12-26-24/h13,15-16,18,20,25-26H,9-12,14H2,1-8H3,(H,27,31)(H,29,30)/b17-13+/t18-,20-,24-/m1/s1. The van der Waals surface area contributed by atoms with Crippen molar-refractivity contribution in [2.24, 2.45) is 17.3 Å². The minimum Gasteiger partial charge on any atom is -0.478 e. The number of carboxylic acids is 1. The number of hydrogen-bond acceptors (Lipinski definition) is 5. The molecule has 1 aliphatic heterocycles. The molecule has 0 saturated carbocycles. The van der Waals surface area contributed by atoms with Crippen molar-refractivity contribution >= 4 is 17.7 Å². The maximum atomic E-state index is 13.4. The third kappa shape index (κ3) is 7.42. The summed E-state index contributed by atoms with van der Waals surface area (Å²) in [5.74, 6) is -0.978. The van der Waals surface area contributed by atoms with Gasteiger partial charge in [0.1, 0.15) is 5.54 Å². The zero-order valence-corrected chi connectivity index (χ0v) is 20.6. The van der Waals surface area contributed by atoms with E-state index in [-0.39, 0.29) is 41.7 Å². The van der Waals surface area contributed by atoms with Crippen LogP contribution in [0.4, 0.5) is 0 Å². The van der Waals surface area contributed by atoms with Gasteiger partial charge in [0.25, 0.3) is 0 Å². The lowest BCUT2D eigenvalue weighted by atomic mass is 9.77. The zero-order chi connectivity index (χ0) is 24.0. The predicted octanol–water partition coefficient (Wildman–Crippen LogP) is 2.90. The van der Waals surface area contributed by atoms with Crippen LogP contribution in [0.15, 0.2) is 11.6 Å². The molecule has 0 aliphatic carbocycles. The summed E-state index contributed by atoms with van der Waals surface area (Å²) in [6, 6.07) is -0.900. The van der Waals surface area contributed by atoms with Gasteiger partial charge in [0.15, 0.2) is 5.78 Å². The monoisotopic (exact) mass is 437 g/mol. The molecule has 0 bridgehead atoms. The van der Waals surface area contributed by atoms with Crippen molar-refractivity contribution in [3.63, 3.8) is 0 Å². The number of carboxylic acid groups (broad SMARTS) is 1. The Balaban J connectivity index is 2.99. The van der Waals surface area contributed by atoms with Crippen LogP contribution in [0, 0.1) is 17.3 Å². The minimum absolute atomic E-state index is 0.0522. The second kappa shape index (κ2) is 11.2. The highest BCUT2D eigenvalue weighted by molar-refractivity contribution is 5.94. The Kier molecular flexibility index (Phi) is 9.89. The molecule has 31 heavy (non-hydrogen) atoms. The van der Waals surface area contributed by atoms with Crippen LogP contribution >= 0.6 is 0 Å². The average molecular weight is 438 g/mol. The first kappa shape index (κ1) is 27.3. The van der Waals surface area contributed by atoms with Gasteiger partial charge in [-0.3, -0.25) is 9.59 Å². The molecule has 7 nitrogen and oxygen atoms in total. The lowest BCUT2D eigenvalue weighted by Crippen LogP contribution is -2.65. The van der Waals surface area contributed by atoms with Crippen LogP contribution in [0.25, 0.3) is 0 Å². The number of hydrogen-bond donors (Lipinski definition) is 4. The first-order valence-electron chi connectivity index (χ1n) is 11.5. The Hall–Kier alpha value is -1.73. The molecule has 0 aromatic rings. The molecule has 0 unspecified atom stereocenters. The van der Waals surface area contributed by atoms with Gasteiger partial charge in [-0.2, -0.15) is 0 Å². The maximum absolute atomic E-state index is 13.4. The number of ketones is 1. The van der Waals surface area contributed by atoms with Gasteiger partial charge in [-0.1, -0.05) is 54.5 Å². The number of nitrogens with one attached hydrogen (secondary N) is 3. The largest absolute Gasteiger partial charge is 0.478 e. The van der Waals surface area contributed by atoms with Gasteiger partial charge >= 0.3 is 5.97 Å². The molecular weight excluding hydrogens is 394 g/mol. The molecule has 0 spiro atoms. The first-order valence-corrected chi connectivity index (χ1v) is 11.5. The number of Topliss-reactive ketones (excluding diaryl/α,β-unsaturated/α-hetero) is 1. The van der Waals surface area contributed by atoms with E-state index < -0.39 is 23.0 Å². The molecule has 1 saturated heterocycles. The third-order valence-electron chi connectivity index (χ3n) is 6.29. The average Bonchev–Trinajstić information content (AvgIpc) is 2.67. The topological polar surface area (TPSA) is 108 Å². The highest BCUT2D eigenvalue weighted by Crippen LogP contribution is 2.29. The summed E-state index contributed by atoms with van der Waals surface area (Å²) in [6.07, 6.45) is 4.44. The molecule has 3 atom stereocenters. The normalized spacial score (nSPS) is 22.3. The molecule has 1 amide bonds. The Morgan fingerprint density at radius 2 is 1.74 bits per heavy atom. The molecule has 0 radical (unpaired) electrons. The van der Waals surface area contributed by atoms with Gasteiger partial charge in [0, 0.05) is 11.6 Å². The van der Waals surface area contributed by atoms with E-state index in [2.05, 4.69) is 16.0 Å². The second-order valence-corrected chi connectivity index (χ2v) is 10.6. The van der Waals surface area contributed by atoms with Gasteiger partial charge in [-0.05, 0) is 50.0 Å². The van der Waals surface area contributed by atoms with Gasteiger partial charge in [-0.25, -0.2) is 4.79 Å². The van der Waals surface area contributed by atoms with E-state index in [0.717, 1.165) is 25.8 Å². The molecule has 0 aromatic heterocycles. The van der Waals surface area contributed by atoms with Crippen LogP contribution in [0.3, 0.4) is 0 Å². The van der Waals surface area contributed by atoms with Crippen molar-refractivity contribution < 1.29 is 19.5 Å². The quantitative estimate of drug-likeness (QED) is 0.392. The fourth-order valence-electron chi connectivity index (χ4n) is 4.07. The van der Waals surface area contributed by atoms with Gasteiger partial charge in [0.2, 0.25) is 5.91 Å². The Bertz CT molecular complexity index is 671. The number of carbonyl (C=O) groups excluding carboxylic acids is 2. The van der Waals surface area contributed by atoms with Gasteiger partial charge in [0.05, 0.1) is 12.6 Å². The fraction of sp³-hybridized carbons (Fsp3) is 0.792. The molecule has 4 N–H and O–H groups in total. The summed E-state index contributed by atoms with van der Waals surface area (Å²) in [4.78, 5) is 37.7. The van der Waals surface area contributed by atoms with Crippen LogP contribution in [-0.4, -0.2) is 53.5 Å². The molecule has 1 aliphatic rings. The van der Waals surface area contributed by atoms with Crippen molar-refractivity contribution in [3.05, 3.63) is 11.6 Å². The highest BCUT2D eigenvalue weighted by Gasteiger charge is 2.44. The summed E-state index contributed by atoms with van der Waals surface area (Å²) in [5, 5.41) is 18.8. The number of rotatable bonds is 10. The summed E-state index contributed by atoms with van der Waals surface area (Å²) < 4.78 is 0. The smallest absolute Gasteiger partial charge is 0.331 e. The van der Waals surface area contributed by atoms with Crippen LogP contribution < -0.4 is 16.0 Å². The van der Waals surface area contributed by atoms with E-state index in [1.54, 1.807) is 13.0 Å². The number of carbonyl (C=O) groups is 3. The zero-order valence-electron chi connectivity index (χ0n) is 20.6. The summed E-state index contributed by atoms with van der Waals surface area (Å²) in [7, 11) is 0. The molecule has 1 heterocycles. The summed E-state index contributed by atoms with van der Waals surface area (Å²) in [6.45, 7) is 16.2. The van der Waals surface area contributed by atoms with E-state index in [0.29, 0.717) is 0 Å². The van der Waals surface area contributed by atoms with Crippen molar-refractivity contribution in [1.82, 2.24) is 16.0 Å². The highest BCUT2D eigenvalue weighted by atomic mass is 16.4. The van der Waals surface area contributed by atoms with E-state index in [9.17, 15) is 14.4 Å². The maximum Gasteiger partial charge on any atom is 0.331 e. The van der Waals surface area contributed by atoms with E-state index in [1.807, 2.05) is 48.5 Å². The van der Waals surface area contributed by atoms with Crippen LogP contribution in [0.1, 0.15) is 74.7 Å².